The first-order valence-electron chi connectivity index (χ1n) is 12.0. The van der Waals surface area contributed by atoms with E-state index in [-0.39, 0.29) is 17.4 Å². The van der Waals surface area contributed by atoms with E-state index in [1.165, 1.54) is 5.56 Å². The molecule has 36 heavy (non-hydrogen) atoms. The molecule has 0 bridgehead atoms. The number of carbonyl (C=O) groups is 2. The van der Waals surface area contributed by atoms with Crippen LogP contribution in [0.2, 0.25) is 0 Å². The first-order valence-corrected chi connectivity index (χ1v) is 13.8. The molecule has 2 heterocycles. The van der Waals surface area contributed by atoms with Gasteiger partial charge in [0, 0.05) is 18.7 Å². The van der Waals surface area contributed by atoms with Crippen molar-refractivity contribution in [2.24, 2.45) is 0 Å². The number of aryl methyl sites for hydroxylation is 2. The number of nitrogens with zero attached hydrogens (tertiary/aromatic N) is 1. The first kappa shape index (κ1) is 24.1. The molecule has 0 fully saturated rings. The average molecular weight is 504 g/mol. The van der Waals surface area contributed by atoms with Gasteiger partial charge in [0.05, 0.1) is 22.9 Å². The predicted octanol–water partition coefficient (Wildman–Crippen LogP) is 3.85. The Morgan fingerprint density at radius 2 is 1.78 bits per heavy atom. The maximum absolute atomic E-state index is 13.2. The van der Waals surface area contributed by atoms with Crippen molar-refractivity contribution in [2.75, 3.05) is 22.9 Å². The number of sulfone groups is 1. The maximum Gasteiger partial charge on any atom is 0.254 e. The topological polar surface area (TPSA) is 95.6 Å². The van der Waals surface area contributed by atoms with Gasteiger partial charge in [-0.05, 0) is 60.7 Å². The van der Waals surface area contributed by atoms with Crippen LogP contribution >= 0.6 is 0 Å². The normalized spacial score (nSPS) is 17.0. The maximum atomic E-state index is 13.2. The van der Waals surface area contributed by atoms with Crippen LogP contribution in [0.15, 0.2) is 60.7 Å². The molecule has 0 spiro atoms. The highest BCUT2D eigenvalue weighted by Gasteiger charge is 2.31. The van der Waals surface area contributed by atoms with Crippen molar-refractivity contribution >= 4 is 33.0 Å². The van der Waals surface area contributed by atoms with Gasteiger partial charge in [0.2, 0.25) is 5.91 Å². The number of hydrogen-bond acceptors (Lipinski definition) is 5. The Labute approximate surface area is 211 Å². The average Bonchev–Trinajstić information content (AvgIpc) is 2.85. The van der Waals surface area contributed by atoms with Crippen molar-refractivity contribution in [2.45, 2.75) is 38.6 Å². The fourth-order valence-corrected chi connectivity index (χ4v) is 6.50. The van der Waals surface area contributed by atoms with Gasteiger partial charge in [0.1, 0.15) is 6.04 Å². The summed E-state index contributed by atoms with van der Waals surface area (Å²) in [4.78, 5) is 27.8. The third-order valence-electron chi connectivity index (χ3n) is 6.89. The number of amides is 2. The fraction of sp³-hybridized carbons (Fsp3) is 0.286. The third kappa shape index (κ3) is 4.99. The summed E-state index contributed by atoms with van der Waals surface area (Å²) in [5.74, 6) is -0.964. The van der Waals surface area contributed by atoms with Gasteiger partial charge in [-0.2, -0.15) is 0 Å². The number of fused-ring (bicyclic) bond motifs is 2. The van der Waals surface area contributed by atoms with Crippen LogP contribution in [0.4, 0.5) is 11.4 Å². The number of benzene rings is 3. The van der Waals surface area contributed by atoms with E-state index < -0.39 is 21.8 Å². The van der Waals surface area contributed by atoms with Crippen molar-refractivity contribution in [1.82, 2.24) is 4.90 Å². The zero-order valence-electron chi connectivity index (χ0n) is 20.4. The van der Waals surface area contributed by atoms with Gasteiger partial charge in [0.25, 0.3) is 5.91 Å². The lowest BCUT2D eigenvalue weighted by Gasteiger charge is -2.30. The van der Waals surface area contributed by atoms with Crippen LogP contribution in [0.1, 0.15) is 38.2 Å². The van der Waals surface area contributed by atoms with Gasteiger partial charge in [-0.1, -0.05) is 48.0 Å². The minimum Gasteiger partial charge on any atom is -0.371 e. The highest BCUT2D eigenvalue weighted by Crippen LogP contribution is 2.30. The summed E-state index contributed by atoms with van der Waals surface area (Å²) in [6.07, 6.45) is 0.809. The van der Waals surface area contributed by atoms with Crippen molar-refractivity contribution in [3.05, 3.63) is 94.0 Å². The van der Waals surface area contributed by atoms with Gasteiger partial charge >= 0.3 is 0 Å². The van der Waals surface area contributed by atoms with Gasteiger partial charge in [-0.3, -0.25) is 9.59 Å². The molecule has 3 aromatic carbocycles. The summed E-state index contributed by atoms with van der Waals surface area (Å²) < 4.78 is 25.9. The Hall–Kier alpha value is -3.65. The summed E-state index contributed by atoms with van der Waals surface area (Å²) in [7, 11) is -3.55. The number of carbonyl (C=O) groups excluding carboxylic acids is 2. The largest absolute Gasteiger partial charge is 0.371 e. The van der Waals surface area contributed by atoms with Crippen LogP contribution in [0, 0.1) is 13.8 Å². The molecule has 3 aromatic rings. The minimum atomic E-state index is -3.55. The molecule has 0 unspecified atom stereocenters. The summed E-state index contributed by atoms with van der Waals surface area (Å²) in [6.45, 7) is 4.99. The molecule has 5 rings (SSSR count). The highest BCUT2D eigenvalue weighted by molar-refractivity contribution is 7.90. The molecular weight excluding hydrogens is 474 g/mol. The smallest absolute Gasteiger partial charge is 0.254 e. The van der Waals surface area contributed by atoms with E-state index in [2.05, 4.69) is 16.7 Å². The van der Waals surface area contributed by atoms with Crippen LogP contribution in [-0.4, -0.2) is 43.5 Å². The quantitative estimate of drug-likeness (QED) is 0.552. The second kappa shape index (κ2) is 9.43. The SMILES string of the molecule is Cc1ccc(C)c(CS(=O)(=O)C[C@@H]2Nc3ccc(C(=O)N4CCc5ccccc5C4)cc3NC2=O)c1. The van der Waals surface area contributed by atoms with Crippen LogP contribution < -0.4 is 10.6 Å². The van der Waals surface area contributed by atoms with Gasteiger partial charge in [-0.15, -0.1) is 0 Å². The molecule has 8 heteroatoms. The number of anilines is 2. The van der Waals surface area contributed by atoms with E-state index in [0.29, 0.717) is 30.0 Å². The molecule has 1 atom stereocenters. The third-order valence-corrected chi connectivity index (χ3v) is 8.48. The Kier molecular flexibility index (Phi) is 6.30. The van der Waals surface area contributed by atoms with E-state index in [9.17, 15) is 18.0 Å². The zero-order chi connectivity index (χ0) is 25.4. The fourth-order valence-electron chi connectivity index (χ4n) is 4.85. The Balaban J connectivity index is 1.28. The Bertz CT molecular complexity index is 1470. The van der Waals surface area contributed by atoms with Crippen LogP contribution in [0.25, 0.3) is 0 Å². The van der Waals surface area contributed by atoms with E-state index in [1.54, 1.807) is 18.2 Å². The van der Waals surface area contributed by atoms with Gasteiger partial charge in [0.15, 0.2) is 9.84 Å². The molecule has 2 amide bonds. The lowest BCUT2D eigenvalue weighted by atomic mass is 9.99. The Morgan fingerprint density at radius 1 is 1.00 bits per heavy atom. The van der Waals surface area contributed by atoms with Crippen LogP contribution in [-0.2, 0) is 33.4 Å². The molecule has 2 aliphatic heterocycles. The molecule has 0 saturated heterocycles. The molecule has 0 radical (unpaired) electrons. The number of nitrogens with one attached hydrogen (secondary N) is 2. The van der Waals surface area contributed by atoms with Crippen LogP contribution in [0.5, 0.6) is 0 Å². The standard InChI is InChI=1S/C28H29N3O4S/c1-18-7-8-19(2)23(13-18)16-36(34,35)17-26-27(32)30-25-14-21(9-10-24(25)29-26)28(33)31-12-11-20-5-3-4-6-22(20)15-31/h3-10,13-14,26,29H,11-12,15-17H2,1-2H3,(H,30,32)/t26-/m0/s1. The monoisotopic (exact) mass is 503 g/mol. The molecule has 7 nitrogen and oxygen atoms in total. The lowest BCUT2D eigenvalue weighted by Crippen LogP contribution is -2.44. The molecule has 0 aliphatic carbocycles. The predicted molar refractivity (Wildman–Crippen MR) is 141 cm³/mol. The summed E-state index contributed by atoms with van der Waals surface area (Å²) in [5, 5.41) is 5.85. The van der Waals surface area contributed by atoms with Crippen molar-refractivity contribution < 1.29 is 18.0 Å². The molecule has 0 saturated carbocycles. The van der Waals surface area contributed by atoms with E-state index in [4.69, 9.17) is 0 Å². The highest BCUT2D eigenvalue weighted by atomic mass is 32.2. The van der Waals surface area contributed by atoms with Gasteiger partial charge < -0.3 is 15.5 Å². The molecule has 186 valence electrons. The summed E-state index contributed by atoms with van der Waals surface area (Å²) in [5.41, 5.74) is 6.62. The number of rotatable bonds is 5. The van der Waals surface area contributed by atoms with Crippen LogP contribution in [0.3, 0.4) is 0 Å². The van der Waals surface area contributed by atoms with E-state index in [0.717, 1.165) is 28.7 Å². The molecule has 2 aliphatic rings. The Morgan fingerprint density at radius 3 is 2.58 bits per heavy atom. The van der Waals surface area contributed by atoms with Crippen molar-refractivity contribution in [1.29, 1.82) is 0 Å². The molecular formula is C28H29N3O4S. The summed E-state index contributed by atoms with van der Waals surface area (Å²) in [6, 6.07) is 18.0. The van der Waals surface area contributed by atoms with Gasteiger partial charge in [-0.25, -0.2) is 8.42 Å². The second-order valence-electron chi connectivity index (χ2n) is 9.68. The van der Waals surface area contributed by atoms with Crippen molar-refractivity contribution in [3.8, 4) is 0 Å². The number of hydrogen-bond donors (Lipinski definition) is 2. The zero-order valence-corrected chi connectivity index (χ0v) is 21.2. The molecule has 0 aromatic heterocycles. The minimum absolute atomic E-state index is 0.0974. The van der Waals surface area contributed by atoms with Crippen molar-refractivity contribution in [3.63, 3.8) is 0 Å². The van der Waals surface area contributed by atoms with E-state index >= 15 is 0 Å². The summed E-state index contributed by atoms with van der Waals surface area (Å²) >= 11 is 0. The second-order valence-corrected chi connectivity index (χ2v) is 11.8. The molecule has 2 N–H and O–H groups in total. The van der Waals surface area contributed by atoms with E-state index in [1.807, 2.05) is 55.1 Å². The first-order chi connectivity index (χ1) is 17.2. The lowest BCUT2D eigenvalue weighted by molar-refractivity contribution is -0.116.